The van der Waals surface area contributed by atoms with E-state index in [1.165, 1.54) is 15.3 Å². The number of rotatable bonds is 9. The van der Waals surface area contributed by atoms with Crippen molar-refractivity contribution >= 4 is 15.7 Å². The Morgan fingerprint density at radius 3 is 2.15 bits per heavy atom. The molecule has 3 aromatic carbocycles. The number of benzene rings is 3. The van der Waals surface area contributed by atoms with Crippen molar-refractivity contribution in [3.63, 3.8) is 0 Å². The van der Waals surface area contributed by atoms with Crippen molar-refractivity contribution in [2.24, 2.45) is 0 Å². The number of tetrazole rings is 1. The molecule has 0 unspecified atom stereocenters. The Hall–Kier alpha value is -3.56. The van der Waals surface area contributed by atoms with E-state index < -0.39 is 10.0 Å². The summed E-state index contributed by atoms with van der Waals surface area (Å²) in [5, 5.41) is 11.1. The molecule has 0 aliphatic carbocycles. The first-order valence-electron chi connectivity index (χ1n) is 10.6. The molecule has 0 bridgehead atoms. The zero-order valence-corrected chi connectivity index (χ0v) is 19.4. The molecule has 0 saturated carbocycles. The van der Waals surface area contributed by atoms with Gasteiger partial charge in [-0.05, 0) is 64.4 Å². The van der Waals surface area contributed by atoms with E-state index in [-0.39, 0.29) is 11.4 Å². The Morgan fingerprint density at radius 1 is 0.848 bits per heavy atom. The summed E-state index contributed by atoms with van der Waals surface area (Å²) in [4.78, 5) is 2.25. The largest absolute Gasteiger partial charge is 0.378 e. The molecular weight excluding hydrogens is 436 g/mol. The van der Waals surface area contributed by atoms with E-state index in [1.54, 1.807) is 24.3 Å². The standard InChI is InChI=1S/C24H26N6O2S/c1-28(2)22-10-8-21(9-11-22)18-29(17-16-20-6-4-3-5-7-20)33(31,32)24-14-12-23(13-15-24)30-19-25-26-27-30/h3-15,19H,16-18H2,1-2H3. The molecule has 0 fully saturated rings. The van der Waals surface area contributed by atoms with Crippen LogP contribution in [0.4, 0.5) is 5.69 Å². The maximum atomic E-state index is 13.6. The zero-order valence-electron chi connectivity index (χ0n) is 18.6. The van der Waals surface area contributed by atoms with Crippen molar-refractivity contribution in [2.45, 2.75) is 17.9 Å². The Kier molecular flexibility index (Phi) is 6.81. The van der Waals surface area contributed by atoms with Crippen LogP contribution in [0.1, 0.15) is 11.1 Å². The van der Waals surface area contributed by atoms with Crippen LogP contribution in [-0.2, 0) is 23.0 Å². The molecule has 8 nitrogen and oxygen atoms in total. The number of aromatic nitrogens is 4. The van der Waals surface area contributed by atoms with Crippen LogP contribution in [0, 0.1) is 0 Å². The molecule has 9 heteroatoms. The minimum Gasteiger partial charge on any atom is -0.378 e. The van der Waals surface area contributed by atoms with Crippen molar-refractivity contribution in [2.75, 3.05) is 25.5 Å². The van der Waals surface area contributed by atoms with Crippen molar-refractivity contribution < 1.29 is 8.42 Å². The molecular formula is C24H26N6O2S. The zero-order chi connectivity index (χ0) is 23.3. The second-order valence-electron chi connectivity index (χ2n) is 7.88. The number of nitrogens with zero attached hydrogens (tertiary/aromatic N) is 6. The summed E-state index contributed by atoms with van der Waals surface area (Å²) < 4.78 is 30.2. The van der Waals surface area contributed by atoms with Crippen LogP contribution >= 0.6 is 0 Å². The smallest absolute Gasteiger partial charge is 0.243 e. The maximum absolute atomic E-state index is 13.6. The van der Waals surface area contributed by atoms with Crippen LogP contribution in [0.3, 0.4) is 0 Å². The van der Waals surface area contributed by atoms with Crippen molar-refractivity contribution in [1.29, 1.82) is 0 Å². The molecule has 0 aliphatic heterocycles. The van der Waals surface area contributed by atoms with Gasteiger partial charge in [0.05, 0.1) is 10.6 Å². The lowest BCUT2D eigenvalue weighted by Gasteiger charge is -2.23. The fourth-order valence-electron chi connectivity index (χ4n) is 3.49. The summed E-state index contributed by atoms with van der Waals surface area (Å²) in [6.07, 6.45) is 2.09. The van der Waals surface area contributed by atoms with Gasteiger partial charge in [-0.2, -0.15) is 4.31 Å². The third kappa shape index (κ3) is 5.44. The topological polar surface area (TPSA) is 84.2 Å². The van der Waals surface area contributed by atoms with Crippen molar-refractivity contribution in [1.82, 2.24) is 24.5 Å². The van der Waals surface area contributed by atoms with E-state index in [0.29, 0.717) is 18.7 Å². The van der Waals surface area contributed by atoms with E-state index in [4.69, 9.17) is 0 Å². The lowest BCUT2D eigenvalue weighted by molar-refractivity contribution is 0.409. The molecule has 0 aliphatic rings. The minimum absolute atomic E-state index is 0.234. The lowest BCUT2D eigenvalue weighted by atomic mass is 10.1. The number of sulfonamides is 1. The molecule has 4 rings (SSSR count). The van der Waals surface area contributed by atoms with E-state index in [1.807, 2.05) is 73.6 Å². The first-order valence-corrected chi connectivity index (χ1v) is 12.0. The molecule has 0 saturated heterocycles. The third-order valence-electron chi connectivity index (χ3n) is 5.39. The SMILES string of the molecule is CN(C)c1ccc(CN(CCc2ccccc2)S(=O)(=O)c2ccc(-n3cnnn3)cc2)cc1. The molecule has 0 spiro atoms. The second kappa shape index (κ2) is 9.93. The molecule has 170 valence electrons. The highest BCUT2D eigenvalue weighted by Crippen LogP contribution is 2.22. The van der Waals surface area contributed by atoms with E-state index >= 15 is 0 Å². The van der Waals surface area contributed by atoms with Crippen molar-refractivity contribution in [3.8, 4) is 5.69 Å². The fourth-order valence-corrected chi connectivity index (χ4v) is 4.91. The average Bonchev–Trinajstić information content (AvgIpc) is 3.38. The van der Waals surface area contributed by atoms with Crippen LogP contribution in [0.15, 0.2) is 90.1 Å². The van der Waals surface area contributed by atoms with Gasteiger partial charge in [0.15, 0.2) is 0 Å². The van der Waals surface area contributed by atoms with Crippen LogP contribution < -0.4 is 4.90 Å². The highest BCUT2D eigenvalue weighted by Gasteiger charge is 2.25. The summed E-state index contributed by atoms with van der Waals surface area (Å²) in [6.45, 7) is 0.661. The predicted molar refractivity (Wildman–Crippen MR) is 128 cm³/mol. The lowest BCUT2D eigenvalue weighted by Crippen LogP contribution is -2.32. The first kappa shape index (κ1) is 22.6. The summed E-state index contributed by atoms with van der Waals surface area (Å²) in [6, 6.07) is 24.4. The average molecular weight is 463 g/mol. The van der Waals surface area contributed by atoms with Crippen LogP contribution in [0.5, 0.6) is 0 Å². The molecule has 0 atom stereocenters. The molecule has 1 heterocycles. The fraction of sp³-hybridized carbons (Fsp3) is 0.208. The van der Waals surface area contributed by atoms with E-state index in [0.717, 1.165) is 16.8 Å². The normalized spacial score (nSPS) is 11.6. The summed E-state index contributed by atoms with van der Waals surface area (Å²) in [5.74, 6) is 0. The van der Waals surface area contributed by atoms with Gasteiger partial charge in [-0.3, -0.25) is 0 Å². The molecule has 33 heavy (non-hydrogen) atoms. The van der Waals surface area contributed by atoms with Crippen molar-refractivity contribution in [3.05, 3.63) is 96.3 Å². The van der Waals surface area contributed by atoms with Gasteiger partial charge in [-0.25, -0.2) is 13.1 Å². The second-order valence-corrected chi connectivity index (χ2v) is 9.82. The van der Waals surface area contributed by atoms with Gasteiger partial charge >= 0.3 is 0 Å². The van der Waals surface area contributed by atoms with Gasteiger partial charge in [0.2, 0.25) is 10.0 Å². The molecule has 0 N–H and O–H groups in total. The first-order chi connectivity index (χ1) is 15.9. The highest BCUT2D eigenvalue weighted by atomic mass is 32.2. The van der Waals surface area contributed by atoms with Crippen LogP contribution in [0.25, 0.3) is 5.69 Å². The maximum Gasteiger partial charge on any atom is 0.243 e. The molecule has 4 aromatic rings. The van der Waals surface area contributed by atoms with Gasteiger partial charge in [-0.15, -0.1) is 5.10 Å². The Balaban J connectivity index is 1.60. The van der Waals surface area contributed by atoms with Crippen LogP contribution in [0.2, 0.25) is 0 Å². The molecule has 0 radical (unpaired) electrons. The summed E-state index contributed by atoms with van der Waals surface area (Å²) in [5.41, 5.74) is 3.78. The minimum atomic E-state index is -3.72. The van der Waals surface area contributed by atoms with Gasteiger partial charge in [0, 0.05) is 32.9 Å². The predicted octanol–water partition coefficient (Wildman–Crippen LogP) is 3.16. The monoisotopic (exact) mass is 462 g/mol. The quantitative estimate of drug-likeness (QED) is 0.380. The molecule has 1 aromatic heterocycles. The number of hydrogen-bond donors (Lipinski definition) is 0. The summed E-state index contributed by atoms with van der Waals surface area (Å²) >= 11 is 0. The van der Waals surface area contributed by atoms with Gasteiger partial charge in [0.25, 0.3) is 0 Å². The Morgan fingerprint density at radius 2 is 1.55 bits per heavy atom. The van der Waals surface area contributed by atoms with Crippen LogP contribution in [-0.4, -0.2) is 53.6 Å². The molecule has 0 amide bonds. The van der Waals surface area contributed by atoms with Gasteiger partial charge < -0.3 is 4.90 Å². The Labute approximate surface area is 194 Å². The Bertz CT molecular complexity index is 1260. The highest BCUT2D eigenvalue weighted by molar-refractivity contribution is 7.89. The summed E-state index contributed by atoms with van der Waals surface area (Å²) in [7, 11) is 0.234. The number of hydrogen-bond acceptors (Lipinski definition) is 6. The van der Waals surface area contributed by atoms with Gasteiger partial charge in [-0.1, -0.05) is 42.5 Å². The third-order valence-corrected chi connectivity index (χ3v) is 7.25. The van der Waals surface area contributed by atoms with E-state index in [9.17, 15) is 8.42 Å². The van der Waals surface area contributed by atoms with Gasteiger partial charge in [0.1, 0.15) is 6.33 Å². The number of anilines is 1. The van der Waals surface area contributed by atoms with E-state index in [2.05, 4.69) is 15.5 Å².